The van der Waals surface area contributed by atoms with Crippen LogP contribution in [-0.4, -0.2) is 77.6 Å². The van der Waals surface area contributed by atoms with Gasteiger partial charge in [-0.1, -0.05) is 19.6 Å². The Morgan fingerprint density at radius 2 is 1.76 bits per heavy atom. The highest BCUT2D eigenvalue weighted by Crippen LogP contribution is 2.35. The Morgan fingerprint density at radius 3 is 2.42 bits per heavy atom. The lowest BCUT2D eigenvalue weighted by atomic mass is 9.94. The smallest absolute Gasteiger partial charge is 0.410 e. The van der Waals surface area contributed by atoms with Crippen molar-refractivity contribution in [2.75, 3.05) is 33.4 Å². The fourth-order valence-electron chi connectivity index (χ4n) is 5.96. The number of nitrogens with zero attached hydrogens (tertiary/aromatic N) is 5. The molecule has 5 rings (SSSR count). The highest BCUT2D eigenvalue weighted by Gasteiger charge is 2.29. The average molecular weight is 710 g/mol. The van der Waals surface area contributed by atoms with Gasteiger partial charge in [0.2, 0.25) is 0 Å². The van der Waals surface area contributed by atoms with E-state index in [0.29, 0.717) is 42.0 Å². The number of aromatic nitrogens is 4. The molecule has 10 nitrogen and oxygen atoms in total. The van der Waals surface area contributed by atoms with Crippen LogP contribution in [0, 0.1) is 11.6 Å². The topological polar surface area (TPSA) is 101 Å². The van der Waals surface area contributed by atoms with E-state index in [0.717, 1.165) is 30.1 Å². The summed E-state index contributed by atoms with van der Waals surface area (Å²) >= 11 is 0. The van der Waals surface area contributed by atoms with Gasteiger partial charge >= 0.3 is 6.09 Å². The van der Waals surface area contributed by atoms with Crippen LogP contribution >= 0.6 is 0 Å². The average Bonchev–Trinajstić information content (AvgIpc) is 3.41. The molecule has 0 unspecified atom stereocenters. The molecule has 0 atom stereocenters. The first-order valence-electron chi connectivity index (χ1n) is 17.2. The van der Waals surface area contributed by atoms with Crippen molar-refractivity contribution in [1.29, 1.82) is 0 Å². The molecule has 1 amide bonds. The number of methoxy groups -OCH3 is 1. The Labute approximate surface area is 294 Å². The Hall–Kier alpha value is -4.10. The summed E-state index contributed by atoms with van der Waals surface area (Å²) < 4.78 is 55.5. The molecule has 50 heavy (non-hydrogen) atoms. The molecule has 1 aliphatic heterocycles. The molecule has 0 N–H and O–H groups in total. The van der Waals surface area contributed by atoms with Gasteiger partial charge in [-0.2, -0.15) is 0 Å². The van der Waals surface area contributed by atoms with Crippen LogP contribution in [-0.2, 0) is 22.6 Å². The van der Waals surface area contributed by atoms with Crippen molar-refractivity contribution in [2.24, 2.45) is 0 Å². The quantitative estimate of drug-likeness (QED) is 0.107. The van der Waals surface area contributed by atoms with Gasteiger partial charge in [-0.15, -0.1) is 0 Å². The van der Waals surface area contributed by atoms with Gasteiger partial charge in [-0.05, 0) is 58.2 Å². The SMILES string of the molecule is CCOc1cc(OC)c(F)c(Cc2cn(COCC[Si](C)(C)C)c3ncc(-c4cncc(C5CCN(C(=O)OC(C)(C)C)CC5)n4)cc23)c1F. The summed E-state index contributed by atoms with van der Waals surface area (Å²) in [4.78, 5) is 28.6. The van der Waals surface area contributed by atoms with Crippen molar-refractivity contribution >= 4 is 25.2 Å². The first-order chi connectivity index (χ1) is 23.7. The number of carbonyl (C=O) groups is 1. The van der Waals surface area contributed by atoms with Gasteiger partial charge in [0.1, 0.15) is 18.0 Å². The molecule has 0 bridgehead atoms. The summed E-state index contributed by atoms with van der Waals surface area (Å²) in [5.74, 6) is -1.58. The number of halogens is 2. The number of rotatable bonds is 12. The molecule has 13 heteroatoms. The van der Waals surface area contributed by atoms with Gasteiger partial charge in [0, 0.05) is 81.3 Å². The first-order valence-corrected chi connectivity index (χ1v) is 20.9. The number of carbonyl (C=O) groups excluding carboxylic acids is 1. The highest BCUT2D eigenvalue weighted by molar-refractivity contribution is 6.76. The predicted octanol–water partition coefficient (Wildman–Crippen LogP) is 8.20. The largest absolute Gasteiger partial charge is 0.494 e. The van der Waals surface area contributed by atoms with Crippen molar-refractivity contribution in [1.82, 2.24) is 24.4 Å². The second-order valence-corrected chi connectivity index (χ2v) is 20.6. The summed E-state index contributed by atoms with van der Waals surface area (Å²) in [6.07, 6.45) is 8.14. The van der Waals surface area contributed by atoms with Gasteiger partial charge in [-0.25, -0.2) is 23.5 Å². The van der Waals surface area contributed by atoms with E-state index in [1.54, 1.807) is 30.4 Å². The Morgan fingerprint density at radius 1 is 1.04 bits per heavy atom. The number of hydrogen-bond donors (Lipinski definition) is 0. The maximum Gasteiger partial charge on any atom is 0.410 e. The summed E-state index contributed by atoms with van der Waals surface area (Å²) in [5.41, 5.74) is 2.78. The van der Waals surface area contributed by atoms with Crippen molar-refractivity contribution in [2.45, 2.75) is 90.9 Å². The Bertz CT molecular complexity index is 1810. The van der Waals surface area contributed by atoms with Crippen LogP contribution in [0.3, 0.4) is 0 Å². The van der Waals surface area contributed by atoms with E-state index < -0.39 is 25.3 Å². The fourth-order valence-corrected chi connectivity index (χ4v) is 6.71. The minimum absolute atomic E-state index is 0.0676. The lowest BCUT2D eigenvalue weighted by Crippen LogP contribution is -2.41. The summed E-state index contributed by atoms with van der Waals surface area (Å²) in [7, 11) is 0.0410. The van der Waals surface area contributed by atoms with E-state index in [2.05, 4.69) is 24.6 Å². The zero-order valence-electron chi connectivity index (χ0n) is 30.4. The van der Waals surface area contributed by atoms with Crippen LogP contribution < -0.4 is 9.47 Å². The van der Waals surface area contributed by atoms with Crippen LogP contribution in [0.5, 0.6) is 11.5 Å². The number of pyridine rings is 1. The fraction of sp³-hybridized carbons (Fsp3) is 0.514. The molecule has 0 aliphatic carbocycles. The highest BCUT2D eigenvalue weighted by atomic mass is 28.3. The van der Waals surface area contributed by atoms with Crippen LogP contribution in [0.4, 0.5) is 13.6 Å². The van der Waals surface area contributed by atoms with Crippen LogP contribution in [0.25, 0.3) is 22.3 Å². The lowest BCUT2D eigenvalue weighted by molar-refractivity contribution is 0.0204. The molecular formula is C37H49F2N5O5Si. The molecule has 1 saturated heterocycles. The number of fused-ring (bicyclic) bond motifs is 1. The number of likely N-dealkylation sites (tertiary alicyclic amines) is 1. The number of benzene rings is 1. The monoisotopic (exact) mass is 709 g/mol. The molecule has 3 aromatic heterocycles. The summed E-state index contributed by atoms with van der Waals surface area (Å²) in [6.45, 7) is 16.4. The normalized spacial score (nSPS) is 14.3. The standard InChI is InChI=1S/C37H49F2N5O5Si/c1-9-48-32-18-31(46-5)33(38)28(34(32)39)17-26-22-44(23-47-14-15-50(6,7)8)35-27(26)16-25(19-41-35)30-21-40-20-29(42-30)24-10-12-43(13-11-24)36(45)49-37(2,3)4/h16,18-22,24H,9-15,17,23H2,1-8H3. The predicted molar refractivity (Wildman–Crippen MR) is 192 cm³/mol. The van der Waals surface area contributed by atoms with Crippen molar-refractivity contribution in [3.05, 3.63) is 65.4 Å². The van der Waals surface area contributed by atoms with E-state index in [4.69, 9.17) is 28.9 Å². The molecule has 1 fully saturated rings. The van der Waals surface area contributed by atoms with Gasteiger partial charge in [-0.3, -0.25) is 4.98 Å². The molecule has 0 spiro atoms. The second kappa shape index (κ2) is 15.4. The molecule has 4 aromatic rings. The minimum atomic E-state index is -1.30. The third-order valence-electron chi connectivity index (χ3n) is 8.65. The molecule has 1 aromatic carbocycles. The number of ether oxygens (including phenoxy) is 4. The zero-order chi connectivity index (χ0) is 36.2. The maximum absolute atomic E-state index is 15.7. The van der Waals surface area contributed by atoms with Crippen molar-refractivity contribution in [3.8, 4) is 22.8 Å². The zero-order valence-corrected chi connectivity index (χ0v) is 31.4. The Balaban J connectivity index is 1.46. The van der Waals surface area contributed by atoms with Gasteiger partial charge in [0.15, 0.2) is 23.1 Å². The third kappa shape index (κ3) is 8.97. The van der Waals surface area contributed by atoms with Gasteiger partial charge in [0.05, 0.1) is 31.3 Å². The van der Waals surface area contributed by atoms with Gasteiger partial charge < -0.3 is 28.4 Å². The van der Waals surface area contributed by atoms with E-state index in [1.165, 1.54) is 13.2 Å². The number of amides is 1. The molecule has 0 radical (unpaired) electrons. The van der Waals surface area contributed by atoms with Crippen LogP contribution in [0.15, 0.2) is 36.9 Å². The van der Waals surface area contributed by atoms with Crippen molar-refractivity contribution in [3.63, 3.8) is 0 Å². The molecule has 270 valence electrons. The number of piperidine rings is 1. The van der Waals surface area contributed by atoms with Crippen molar-refractivity contribution < 1.29 is 32.5 Å². The number of hydrogen-bond acceptors (Lipinski definition) is 8. The summed E-state index contributed by atoms with van der Waals surface area (Å²) in [5, 5.41) is 0.716. The molecule has 0 saturated carbocycles. The van der Waals surface area contributed by atoms with E-state index in [-0.39, 0.29) is 48.8 Å². The Kier molecular flexibility index (Phi) is 11.5. The third-order valence-corrected chi connectivity index (χ3v) is 10.4. The van der Waals surface area contributed by atoms with E-state index in [1.807, 2.05) is 37.6 Å². The molecule has 4 heterocycles. The second-order valence-electron chi connectivity index (χ2n) is 14.9. The minimum Gasteiger partial charge on any atom is -0.494 e. The van der Waals surface area contributed by atoms with E-state index in [9.17, 15) is 4.79 Å². The summed E-state index contributed by atoms with van der Waals surface area (Å²) in [6, 6.07) is 4.18. The lowest BCUT2D eigenvalue weighted by Gasteiger charge is -2.33. The van der Waals surface area contributed by atoms with E-state index >= 15 is 8.78 Å². The van der Waals surface area contributed by atoms with Crippen LogP contribution in [0.1, 0.15) is 63.3 Å². The first kappa shape index (κ1) is 37.2. The van der Waals surface area contributed by atoms with Gasteiger partial charge in [0.25, 0.3) is 0 Å². The molecular weight excluding hydrogens is 661 g/mol. The molecule has 1 aliphatic rings. The maximum atomic E-state index is 15.7. The van der Waals surface area contributed by atoms with Crippen LogP contribution in [0.2, 0.25) is 25.7 Å².